The molecule has 14 heteroatoms. The van der Waals surface area contributed by atoms with Crippen LogP contribution in [0.4, 0.5) is 29.2 Å². The summed E-state index contributed by atoms with van der Waals surface area (Å²) in [6.45, 7) is 14.5. The summed E-state index contributed by atoms with van der Waals surface area (Å²) in [6.07, 6.45) is 2.56. The molecule has 3 aromatic carbocycles. The summed E-state index contributed by atoms with van der Waals surface area (Å²) in [4.78, 5) is 31.3. The van der Waals surface area contributed by atoms with Gasteiger partial charge >= 0.3 is 0 Å². The fraction of sp³-hybridized carbons (Fsp3) is 0.476. The molecule has 14 nitrogen and oxygen atoms in total. The lowest BCUT2D eigenvalue weighted by molar-refractivity contribution is 0.102. The number of aromatic nitrogens is 3. The highest BCUT2D eigenvalue weighted by molar-refractivity contribution is 6.04. The Bertz CT molecular complexity index is 1840. The molecule has 0 aliphatic carbocycles. The number of benzene rings is 3. The van der Waals surface area contributed by atoms with E-state index >= 15 is 0 Å². The third-order valence-electron chi connectivity index (χ3n) is 9.95. The van der Waals surface area contributed by atoms with Gasteiger partial charge in [0.15, 0.2) is 0 Å². The van der Waals surface area contributed by atoms with Gasteiger partial charge in [0.05, 0.1) is 0 Å². The molecule has 1 amide bonds. The molecule has 1 aromatic heterocycles. The molecule has 300 valence electrons. The number of carbonyl (C=O) groups is 1. The highest BCUT2D eigenvalue weighted by Gasteiger charge is 2.29. The number of carbonyl (C=O) groups excluding carboxylic acids is 1. The van der Waals surface area contributed by atoms with Gasteiger partial charge in [-0.1, -0.05) is 46.8 Å². The fourth-order valence-corrected chi connectivity index (χ4v) is 7.80. The lowest BCUT2D eigenvalue weighted by Gasteiger charge is -2.37. The minimum Gasteiger partial charge on any atom is -0.490 e. The average molecular weight is 766 g/mol. The van der Waals surface area contributed by atoms with Crippen molar-refractivity contribution in [3.63, 3.8) is 0 Å². The molecule has 0 unspecified atom stereocenters. The molecule has 56 heavy (non-hydrogen) atoms. The first kappa shape index (κ1) is 40.6. The van der Waals surface area contributed by atoms with Crippen LogP contribution >= 0.6 is 0 Å². The van der Waals surface area contributed by atoms with Crippen LogP contribution in [0.1, 0.15) is 69.8 Å². The van der Waals surface area contributed by atoms with Gasteiger partial charge < -0.3 is 52.8 Å². The minimum atomic E-state index is -0.239. The predicted molar refractivity (Wildman–Crippen MR) is 224 cm³/mol. The molecule has 10 N–H and O–H groups in total. The van der Waals surface area contributed by atoms with E-state index in [0.717, 1.165) is 30.7 Å². The van der Waals surface area contributed by atoms with Gasteiger partial charge in [0.25, 0.3) is 5.91 Å². The van der Waals surface area contributed by atoms with Gasteiger partial charge in [-0.3, -0.25) is 4.79 Å². The van der Waals surface area contributed by atoms with Gasteiger partial charge in [0, 0.05) is 67.3 Å². The van der Waals surface area contributed by atoms with Crippen molar-refractivity contribution in [2.24, 2.45) is 28.3 Å². The summed E-state index contributed by atoms with van der Waals surface area (Å²) < 4.78 is 11.8. The van der Waals surface area contributed by atoms with Crippen LogP contribution in [-0.2, 0) is 5.41 Å². The van der Waals surface area contributed by atoms with E-state index in [0.29, 0.717) is 74.2 Å². The summed E-state index contributed by atoms with van der Waals surface area (Å²) in [6, 6.07) is 22.3. The number of nitrogens with zero attached hydrogens (tertiary/aromatic N) is 5. The Morgan fingerprint density at radius 2 is 1.11 bits per heavy atom. The van der Waals surface area contributed by atoms with Gasteiger partial charge in [-0.25, -0.2) is 0 Å². The molecular formula is C42H59N11O3. The molecule has 4 atom stereocenters. The number of piperidine rings is 2. The predicted octanol–water partition coefficient (Wildman–Crippen LogP) is 4.77. The monoisotopic (exact) mass is 765 g/mol. The number of hydrogen-bond acceptors (Lipinski definition) is 13. The van der Waals surface area contributed by atoms with E-state index in [1.54, 1.807) is 24.3 Å². The van der Waals surface area contributed by atoms with E-state index < -0.39 is 0 Å². The zero-order chi connectivity index (χ0) is 40.0. The summed E-state index contributed by atoms with van der Waals surface area (Å²) in [5, 5.41) is 6.25. The van der Waals surface area contributed by atoms with E-state index in [2.05, 4.69) is 57.4 Å². The Hall–Kier alpha value is -5.02. The zero-order valence-electron chi connectivity index (χ0n) is 33.4. The third-order valence-corrected chi connectivity index (χ3v) is 9.95. The summed E-state index contributed by atoms with van der Waals surface area (Å²) in [5.41, 5.74) is 28.7. The van der Waals surface area contributed by atoms with E-state index in [1.807, 2.05) is 46.2 Å². The van der Waals surface area contributed by atoms with Crippen LogP contribution in [0.3, 0.4) is 0 Å². The van der Waals surface area contributed by atoms with Crippen molar-refractivity contribution in [2.75, 3.05) is 59.8 Å². The Kier molecular flexibility index (Phi) is 12.6. The van der Waals surface area contributed by atoms with Crippen molar-refractivity contribution in [1.82, 2.24) is 15.0 Å². The van der Waals surface area contributed by atoms with Gasteiger partial charge in [0.2, 0.25) is 17.8 Å². The maximum absolute atomic E-state index is 13.1. The van der Waals surface area contributed by atoms with Gasteiger partial charge in [-0.15, -0.1) is 0 Å². The van der Waals surface area contributed by atoms with Crippen molar-refractivity contribution in [1.29, 1.82) is 0 Å². The molecule has 2 aliphatic rings. The maximum atomic E-state index is 13.1. The molecule has 2 fully saturated rings. The Labute approximate surface area is 330 Å². The SMILES string of the molecule is CC(C)(C)CC(C)(C)c1ccc(OCCOc2ccc(C(=O)Nc3ccc(Nc4nc(N5C[C@H](N)C[C@H](N)C5)nc(N5C[C@H](N)C[C@H](N)C5)n4)cc3)cc2)cc1. The van der Waals surface area contributed by atoms with Crippen LogP contribution in [0.15, 0.2) is 72.8 Å². The summed E-state index contributed by atoms with van der Waals surface area (Å²) >= 11 is 0. The summed E-state index contributed by atoms with van der Waals surface area (Å²) in [7, 11) is 0. The van der Waals surface area contributed by atoms with Crippen molar-refractivity contribution in [3.8, 4) is 11.5 Å². The lowest BCUT2D eigenvalue weighted by Crippen LogP contribution is -2.54. The second kappa shape index (κ2) is 17.4. The topological polar surface area (TPSA) is 209 Å². The Morgan fingerprint density at radius 1 is 0.661 bits per heavy atom. The standard InChI is InChI=1S/C42H59N11O3/c1-41(2,3)26-42(4,5)28-8-16-36(17-9-28)56-19-18-55-35-14-6-27(7-15-35)37(54)47-33-10-12-34(13-11-33)48-38-49-39(52-22-29(43)20-30(44)23-52)51-40(50-38)53-24-31(45)21-32(46)25-53/h6-17,29-32H,18-26,43-46H2,1-5H3,(H,47,54)(H,48,49,50,51)/t29-,30+,31-,32+. The van der Waals surface area contributed by atoms with Crippen molar-refractivity contribution in [3.05, 3.63) is 83.9 Å². The third kappa shape index (κ3) is 11.3. The van der Waals surface area contributed by atoms with Crippen molar-refractivity contribution < 1.29 is 14.3 Å². The van der Waals surface area contributed by atoms with Crippen LogP contribution in [0.25, 0.3) is 0 Å². The van der Waals surface area contributed by atoms with E-state index in [-0.39, 0.29) is 40.9 Å². The number of hydrogen-bond donors (Lipinski definition) is 6. The molecular weight excluding hydrogens is 707 g/mol. The van der Waals surface area contributed by atoms with Crippen molar-refractivity contribution >= 4 is 35.1 Å². The lowest BCUT2D eigenvalue weighted by atomic mass is 9.72. The first-order valence-corrected chi connectivity index (χ1v) is 19.5. The van der Waals surface area contributed by atoms with Gasteiger partial charge in [-0.2, -0.15) is 15.0 Å². The summed E-state index contributed by atoms with van der Waals surface area (Å²) in [5.74, 6) is 2.56. The van der Waals surface area contributed by atoms with Crippen LogP contribution in [-0.4, -0.2) is 84.4 Å². The highest BCUT2D eigenvalue weighted by Crippen LogP contribution is 2.36. The number of ether oxygens (including phenoxy) is 2. The largest absolute Gasteiger partial charge is 0.490 e. The second-order valence-corrected chi connectivity index (χ2v) is 17.1. The zero-order valence-corrected chi connectivity index (χ0v) is 33.4. The number of amides is 1. The molecule has 0 spiro atoms. The number of anilines is 5. The Morgan fingerprint density at radius 3 is 1.57 bits per heavy atom. The molecule has 0 bridgehead atoms. The van der Waals surface area contributed by atoms with E-state index in [1.165, 1.54) is 5.56 Å². The second-order valence-electron chi connectivity index (χ2n) is 17.1. The fourth-order valence-electron chi connectivity index (χ4n) is 7.80. The van der Waals surface area contributed by atoms with Crippen molar-refractivity contribution in [2.45, 2.75) is 83.5 Å². The molecule has 0 saturated carbocycles. The maximum Gasteiger partial charge on any atom is 0.255 e. The van der Waals surface area contributed by atoms with Gasteiger partial charge in [-0.05, 0) is 96.3 Å². The van der Waals surface area contributed by atoms with E-state index in [9.17, 15) is 4.79 Å². The molecule has 2 saturated heterocycles. The van der Waals surface area contributed by atoms with Crippen LogP contribution in [0, 0.1) is 5.41 Å². The normalized spacial score (nSPS) is 20.4. The highest BCUT2D eigenvalue weighted by atomic mass is 16.5. The first-order valence-electron chi connectivity index (χ1n) is 19.5. The molecule has 0 radical (unpaired) electrons. The van der Waals surface area contributed by atoms with Crippen LogP contribution in [0.5, 0.6) is 11.5 Å². The molecule has 4 aromatic rings. The first-order chi connectivity index (χ1) is 26.6. The van der Waals surface area contributed by atoms with Gasteiger partial charge in [0.1, 0.15) is 24.7 Å². The minimum absolute atomic E-state index is 0.0797. The smallest absolute Gasteiger partial charge is 0.255 e. The average Bonchev–Trinajstić information content (AvgIpc) is 3.13. The quantitative estimate of drug-likeness (QED) is 0.102. The molecule has 6 rings (SSSR count). The number of nitrogens with two attached hydrogens (primary N) is 4. The van der Waals surface area contributed by atoms with Crippen LogP contribution in [0.2, 0.25) is 0 Å². The van der Waals surface area contributed by atoms with Crippen LogP contribution < -0.4 is 52.8 Å². The molecule has 3 heterocycles. The Balaban J connectivity index is 1.01. The number of rotatable bonds is 13. The van der Waals surface area contributed by atoms with E-state index in [4.69, 9.17) is 47.4 Å². The number of nitrogens with one attached hydrogen (secondary N) is 2. The molecule has 2 aliphatic heterocycles.